The maximum absolute atomic E-state index is 14.0. The first kappa shape index (κ1) is 28.0. The molecule has 1 atom stereocenters. The van der Waals surface area contributed by atoms with Crippen LogP contribution in [0.25, 0.3) is 0 Å². The van der Waals surface area contributed by atoms with Crippen molar-refractivity contribution in [2.45, 2.75) is 13.0 Å². The third-order valence-corrected chi connectivity index (χ3v) is 7.09. The highest BCUT2D eigenvalue weighted by Gasteiger charge is 2.39. The lowest BCUT2D eigenvalue weighted by molar-refractivity contribution is -0.123. The second kappa shape index (κ2) is 11.9. The molecule has 42 heavy (non-hydrogen) atoms. The zero-order chi connectivity index (χ0) is 29.8. The number of carbonyl (C=O) groups excluding carboxylic acids is 5. The average Bonchev–Trinajstić information content (AvgIpc) is 3.26. The van der Waals surface area contributed by atoms with Crippen molar-refractivity contribution >= 4 is 46.6 Å². The van der Waals surface area contributed by atoms with Gasteiger partial charge in [-0.25, -0.2) is 0 Å². The van der Waals surface area contributed by atoms with Crippen molar-refractivity contribution < 1.29 is 24.0 Å². The van der Waals surface area contributed by atoms with E-state index in [0.717, 1.165) is 4.90 Å². The smallest absolute Gasteiger partial charge is 0.262 e. The molecule has 1 aliphatic heterocycles. The molecular formula is C33H28N4O5. The number of amides is 5. The van der Waals surface area contributed by atoms with Gasteiger partial charge in [-0.15, -0.1) is 0 Å². The molecule has 5 amide bonds. The minimum absolute atomic E-state index is 0.166. The van der Waals surface area contributed by atoms with E-state index in [1.54, 1.807) is 92.0 Å². The van der Waals surface area contributed by atoms with E-state index in [2.05, 4.69) is 5.32 Å². The molecule has 0 saturated heterocycles. The van der Waals surface area contributed by atoms with Gasteiger partial charge in [-0.05, 0) is 55.5 Å². The van der Waals surface area contributed by atoms with Crippen LogP contribution in [0.2, 0.25) is 0 Å². The Morgan fingerprint density at radius 2 is 1.26 bits per heavy atom. The van der Waals surface area contributed by atoms with Crippen LogP contribution in [0.5, 0.6) is 0 Å². The fourth-order valence-electron chi connectivity index (χ4n) is 4.85. The quantitative estimate of drug-likeness (QED) is 0.317. The number of hydrogen-bond acceptors (Lipinski definition) is 5. The number of fused-ring (bicyclic) bond motifs is 1. The number of carbonyl (C=O) groups is 5. The van der Waals surface area contributed by atoms with Gasteiger partial charge < -0.3 is 10.2 Å². The van der Waals surface area contributed by atoms with E-state index in [9.17, 15) is 24.0 Å². The van der Waals surface area contributed by atoms with Gasteiger partial charge in [0.05, 0.1) is 22.4 Å². The first-order valence-electron chi connectivity index (χ1n) is 13.3. The molecule has 5 rings (SSSR count). The molecule has 4 aromatic carbocycles. The lowest BCUT2D eigenvalue weighted by Crippen LogP contribution is -2.51. The maximum atomic E-state index is 14.0. The summed E-state index contributed by atoms with van der Waals surface area (Å²) in [5, 5.41) is 2.79. The minimum Gasteiger partial charge on any atom is -0.324 e. The molecule has 1 heterocycles. The zero-order valence-electron chi connectivity index (χ0n) is 23.1. The first-order chi connectivity index (χ1) is 20.3. The Morgan fingerprint density at radius 1 is 0.738 bits per heavy atom. The zero-order valence-corrected chi connectivity index (χ0v) is 23.1. The van der Waals surface area contributed by atoms with Gasteiger partial charge >= 0.3 is 0 Å². The molecule has 0 radical (unpaired) electrons. The Morgan fingerprint density at radius 3 is 1.88 bits per heavy atom. The highest BCUT2D eigenvalue weighted by molar-refractivity contribution is 6.23. The molecule has 0 bridgehead atoms. The van der Waals surface area contributed by atoms with Crippen molar-refractivity contribution in [3.63, 3.8) is 0 Å². The number of nitrogens with one attached hydrogen (secondary N) is 1. The molecule has 1 unspecified atom stereocenters. The standard InChI is InChI=1S/C33H28N4O5/c1-22(30(39)34-23-13-5-3-6-14-23)37(29(38)21-36-32(41)25-17-9-10-18-26(25)33(36)42)28-20-12-11-19-27(28)31(40)35(2)24-15-7-4-8-16-24/h3-20,22H,21H2,1-2H3,(H,34,39). The predicted octanol–water partition coefficient (Wildman–Crippen LogP) is 4.62. The van der Waals surface area contributed by atoms with Crippen LogP contribution in [0, 0.1) is 0 Å². The molecule has 0 spiro atoms. The fourth-order valence-corrected chi connectivity index (χ4v) is 4.85. The summed E-state index contributed by atoms with van der Waals surface area (Å²) in [7, 11) is 1.62. The van der Waals surface area contributed by atoms with Crippen LogP contribution in [0.1, 0.15) is 38.0 Å². The molecule has 0 fully saturated rings. The molecule has 210 valence electrons. The molecule has 0 aromatic heterocycles. The number of para-hydroxylation sites is 3. The predicted molar refractivity (Wildman–Crippen MR) is 159 cm³/mol. The monoisotopic (exact) mass is 560 g/mol. The van der Waals surface area contributed by atoms with Gasteiger partial charge in [0.15, 0.2) is 0 Å². The van der Waals surface area contributed by atoms with Gasteiger partial charge in [0.25, 0.3) is 17.7 Å². The average molecular weight is 561 g/mol. The Labute approximate surface area is 243 Å². The fraction of sp³-hybridized carbons (Fsp3) is 0.121. The Hall–Kier alpha value is -5.57. The summed E-state index contributed by atoms with van der Waals surface area (Å²) in [6.07, 6.45) is 0. The van der Waals surface area contributed by atoms with Crippen LogP contribution in [0.15, 0.2) is 109 Å². The van der Waals surface area contributed by atoms with E-state index < -0.39 is 42.1 Å². The van der Waals surface area contributed by atoms with E-state index in [4.69, 9.17) is 0 Å². The highest BCUT2D eigenvalue weighted by Crippen LogP contribution is 2.28. The summed E-state index contributed by atoms with van der Waals surface area (Å²) in [5.41, 5.74) is 1.90. The van der Waals surface area contributed by atoms with Crippen molar-refractivity contribution in [2.75, 3.05) is 28.7 Å². The Bertz CT molecular complexity index is 1640. The van der Waals surface area contributed by atoms with Crippen molar-refractivity contribution in [1.29, 1.82) is 0 Å². The number of nitrogens with zero attached hydrogens (tertiary/aromatic N) is 3. The molecule has 0 aliphatic carbocycles. The minimum atomic E-state index is -1.12. The number of benzene rings is 4. The summed E-state index contributed by atoms with van der Waals surface area (Å²) < 4.78 is 0. The van der Waals surface area contributed by atoms with Crippen LogP contribution in [0.4, 0.5) is 17.1 Å². The first-order valence-corrected chi connectivity index (χ1v) is 13.3. The van der Waals surface area contributed by atoms with E-state index in [-0.39, 0.29) is 22.4 Å². The molecule has 9 nitrogen and oxygen atoms in total. The van der Waals surface area contributed by atoms with Crippen molar-refractivity contribution in [2.24, 2.45) is 0 Å². The van der Waals surface area contributed by atoms with Gasteiger partial charge in [-0.1, -0.05) is 60.7 Å². The van der Waals surface area contributed by atoms with Gasteiger partial charge in [0.1, 0.15) is 12.6 Å². The van der Waals surface area contributed by atoms with Gasteiger partial charge in [0, 0.05) is 18.4 Å². The summed E-state index contributed by atoms with van der Waals surface area (Å²) in [6, 6.07) is 29.4. The third-order valence-electron chi connectivity index (χ3n) is 7.09. The molecule has 9 heteroatoms. The number of hydrogen-bond donors (Lipinski definition) is 1. The molecular weight excluding hydrogens is 532 g/mol. The van der Waals surface area contributed by atoms with Crippen molar-refractivity contribution in [3.05, 3.63) is 126 Å². The maximum Gasteiger partial charge on any atom is 0.262 e. The largest absolute Gasteiger partial charge is 0.324 e. The van der Waals surface area contributed by atoms with Crippen molar-refractivity contribution in [3.8, 4) is 0 Å². The van der Waals surface area contributed by atoms with Gasteiger partial charge in [-0.3, -0.25) is 33.8 Å². The van der Waals surface area contributed by atoms with Crippen LogP contribution < -0.4 is 15.1 Å². The second-order valence-corrected chi connectivity index (χ2v) is 9.75. The Kier molecular flexibility index (Phi) is 7.92. The summed E-state index contributed by atoms with van der Waals surface area (Å²) in [4.78, 5) is 70.8. The summed E-state index contributed by atoms with van der Waals surface area (Å²) >= 11 is 0. The SMILES string of the molecule is CC(C(=O)Nc1ccccc1)N(C(=O)CN1C(=O)c2ccccc2C1=O)c1ccccc1C(=O)N(C)c1ccccc1. The van der Waals surface area contributed by atoms with Gasteiger partial charge in [-0.2, -0.15) is 0 Å². The number of rotatable bonds is 8. The van der Waals surface area contributed by atoms with E-state index in [0.29, 0.717) is 11.4 Å². The molecule has 1 N–H and O–H groups in total. The van der Waals surface area contributed by atoms with Crippen LogP contribution in [-0.4, -0.2) is 54.1 Å². The topological polar surface area (TPSA) is 107 Å². The second-order valence-electron chi connectivity index (χ2n) is 9.75. The van der Waals surface area contributed by atoms with E-state index >= 15 is 0 Å². The van der Waals surface area contributed by atoms with Crippen LogP contribution in [0.3, 0.4) is 0 Å². The molecule has 0 saturated carbocycles. The number of imide groups is 1. The summed E-state index contributed by atoms with van der Waals surface area (Å²) in [6.45, 7) is 0.910. The van der Waals surface area contributed by atoms with Crippen LogP contribution >= 0.6 is 0 Å². The number of anilines is 3. The molecule has 1 aliphatic rings. The van der Waals surface area contributed by atoms with Gasteiger partial charge in [0.2, 0.25) is 11.8 Å². The summed E-state index contributed by atoms with van der Waals surface area (Å²) in [5.74, 6) is -2.83. The third kappa shape index (κ3) is 5.40. The van der Waals surface area contributed by atoms with Crippen molar-refractivity contribution in [1.82, 2.24) is 4.90 Å². The highest BCUT2D eigenvalue weighted by atomic mass is 16.2. The lowest BCUT2D eigenvalue weighted by Gasteiger charge is -2.32. The lowest BCUT2D eigenvalue weighted by atomic mass is 10.1. The molecule has 4 aromatic rings. The van der Waals surface area contributed by atoms with E-state index in [1.807, 2.05) is 12.1 Å². The normalized spacial score (nSPS) is 12.9. The Balaban J connectivity index is 1.51. The van der Waals surface area contributed by atoms with E-state index in [1.165, 1.54) is 28.9 Å². The van der Waals surface area contributed by atoms with Crippen LogP contribution in [-0.2, 0) is 9.59 Å².